The van der Waals surface area contributed by atoms with Crippen LogP contribution in [0.25, 0.3) is 0 Å². The lowest BCUT2D eigenvalue weighted by molar-refractivity contribution is 0.375. The molecular weight excluding hydrogens is 240 g/mol. The first-order valence-corrected chi connectivity index (χ1v) is 6.81. The molecule has 1 aromatic heterocycles. The number of aromatic hydroxyl groups is 1. The van der Waals surface area contributed by atoms with Gasteiger partial charge in [0.2, 0.25) is 5.89 Å². The zero-order chi connectivity index (χ0) is 13.2. The van der Waals surface area contributed by atoms with Crippen molar-refractivity contribution in [3.05, 3.63) is 41.5 Å². The van der Waals surface area contributed by atoms with Gasteiger partial charge in [-0.05, 0) is 42.9 Å². The average molecular weight is 258 g/mol. The van der Waals surface area contributed by atoms with E-state index in [4.69, 9.17) is 4.52 Å². The molecule has 2 unspecified atom stereocenters. The highest BCUT2D eigenvalue weighted by molar-refractivity contribution is 5.27. The number of phenols is 1. The van der Waals surface area contributed by atoms with Gasteiger partial charge in [-0.15, -0.1) is 0 Å². The molecule has 1 saturated carbocycles. The summed E-state index contributed by atoms with van der Waals surface area (Å²) in [6.45, 7) is 2.28. The van der Waals surface area contributed by atoms with Crippen molar-refractivity contribution in [1.29, 1.82) is 0 Å². The fraction of sp³-hybridized carbons (Fsp3) is 0.467. The van der Waals surface area contributed by atoms with E-state index in [2.05, 4.69) is 17.1 Å². The van der Waals surface area contributed by atoms with E-state index in [0.717, 1.165) is 23.7 Å². The molecule has 1 heterocycles. The first-order chi connectivity index (χ1) is 9.20. The van der Waals surface area contributed by atoms with E-state index in [1.807, 2.05) is 12.1 Å². The molecule has 19 heavy (non-hydrogen) atoms. The Morgan fingerprint density at radius 3 is 2.74 bits per heavy atom. The number of rotatable bonds is 3. The van der Waals surface area contributed by atoms with Crippen LogP contribution in [-0.4, -0.2) is 15.2 Å². The zero-order valence-electron chi connectivity index (χ0n) is 11.0. The van der Waals surface area contributed by atoms with Gasteiger partial charge in [0, 0.05) is 5.92 Å². The van der Waals surface area contributed by atoms with Crippen LogP contribution in [0.3, 0.4) is 0 Å². The molecule has 0 saturated heterocycles. The SMILES string of the molecule is CC1CCC(c2noc(Cc3ccc(O)cc3)n2)C1. The summed E-state index contributed by atoms with van der Waals surface area (Å²) in [7, 11) is 0. The fourth-order valence-electron chi connectivity index (χ4n) is 2.74. The highest BCUT2D eigenvalue weighted by Crippen LogP contribution is 2.36. The van der Waals surface area contributed by atoms with E-state index < -0.39 is 0 Å². The maximum atomic E-state index is 9.24. The molecule has 0 amide bonds. The molecule has 2 aromatic rings. The van der Waals surface area contributed by atoms with Gasteiger partial charge in [-0.2, -0.15) is 4.98 Å². The number of phenolic OH excluding ortho intramolecular Hbond substituents is 1. The summed E-state index contributed by atoms with van der Waals surface area (Å²) in [4.78, 5) is 4.50. The second-order valence-electron chi connectivity index (χ2n) is 5.50. The van der Waals surface area contributed by atoms with Crippen molar-refractivity contribution in [2.45, 2.75) is 38.5 Å². The van der Waals surface area contributed by atoms with Crippen LogP contribution in [-0.2, 0) is 6.42 Å². The molecule has 1 aliphatic rings. The van der Waals surface area contributed by atoms with Gasteiger partial charge < -0.3 is 9.63 Å². The van der Waals surface area contributed by atoms with Crippen molar-refractivity contribution < 1.29 is 9.63 Å². The Kier molecular flexibility index (Phi) is 3.23. The van der Waals surface area contributed by atoms with Crippen molar-refractivity contribution in [3.63, 3.8) is 0 Å². The topological polar surface area (TPSA) is 59.2 Å². The third-order valence-electron chi connectivity index (χ3n) is 3.84. The Morgan fingerprint density at radius 1 is 1.26 bits per heavy atom. The van der Waals surface area contributed by atoms with Crippen LogP contribution in [0.1, 0.15) is 49.4 Å². The summed E-state index contributed by atoms with van der Waals surface area (Å²) < 4.78 is 5.32. The van der Waals surface area contributed by atoms with Gasteiger partial charge in [0.15, 0.2) is 5.82 Å². The van der Waals surface area contributed by atoms with E-state index in [1.165, 1.54) is 12.8 Å². The van der Waals surface area contributed by atoms with Crippen molar-refractivity contribution in [3.8, 4) is 5.75 Å². The third-order valence-corrected chi connectivity index (χ3v) is 3.84. The van der Waals surface area contributed by atoms with Gasteiger partial charge in [-0.3, -0.25) is 0 Å². The van der Waals surface area contributed by atoms with Gasteiger partial charge in [0.25, 0.3) is 0 Å². The first-order valence-electron chi connectivity index (χ1n) is 6.81. The summed E-state index contributed by atoms with van der Waals surface area (Å²) in [6.07, 6.45) is 4.21. The van der Waals surface area contributed by atoms with Crippen LogP contribution in [0, 0.1) is 5.92 Å². The van der Waals surface area contributed by atoms with Gasteiger partial charge in [0.1, 0.15) is 5.75 Å². The number of hydrogen-bond acceptors (Lipinski definition) is 4. The molecule has 1 fully saturated rings. The van der Waals surface area contributed by atoms with Crippen LogP contribution < -0.4 is 0 Å². The highest BCUT2D eigenvalue weighted by atomic mass is 16.5. The smallest absolute Gasteiger partial charge is 0.231 e. The Bertz CT molecular complexity index is 548. The minimum Gasteiger partial charge on any atom is -0.508 e. The minimum atomic E-state index is 0.273. The highest BCUT2D eigenvalue weighted by Gasteiger charge is 2.26. The molecule has 1 aliphatic carbocycles. The number of benzene rings is 1. The summed E-state index contributed by atoms with van der Waals surface area (Å²) in [5.74, 6) is 3.02. The van der Waals surface area contributed by atoms with E-state index in [0.29, 0.717) is 18.2 Å². The van der Waals surface area contributed by atoms with Crippen molar-refractivity contribution >= 4 is 0 Å². The van der Waals surface area contributed by atoms with E-state index in [1.54, 1.807) is 12.1 Å². The van der Waals surface area contributed by atoms with Crippen LogP contribution in [0.2, 0.25) is 0 Å². The average Bonchev–Trinajstić information content (AvgIpc) is 3.01. The standard InChI is InChI=1S/C15H18N2O2/c1-10-2-5-12(8-10)15-16-14(19-17-15)9-11-3-6-13(18)7-4-11/h3-4,6-7,10,12,18H,2,5,8-9H2,1H3. The molecule has 4 nitrogen and oxygen atoms in total. The molecule has 0 spiro atoms. The van der Waals surface area contributed by atoms with Crippen molar-refractivity contribution in [2.24, 2.45) is 5.92 Å². The molecule has 2 atom stereocenters. The lowest BCUT2D eigenvalue weighted by Crippen LogP contribution is -1.97. The Morgan fingerprint density at radius 2 is 2.05 bits per heavy atom. The predicted molar refractivity (Wildman–Crippen MR) is 71.0 cm³/mol. The van der Waals surface area contributed by atoms with E-state index >= 15 is 0 Å². The van der Waals surface area contributed by atoms with Crippen molar-refractivity contribution in [1.82, 2.24) is 10.1 Å². The second kappa shape index (κ2) is 5.03. The lowest BCUT2D eigenvalue weighted by Gasteiger charge is -2.01. The molecule has 0 radical (unpaired) electrons. The largest absolute Gasteiger partial charge is 0.508 e. The maximum absolute atomic E-state index is 9.24. The van der Waals surface area contributed by atoms with Crippen LogP contribution in [0.5, 0.6) is 5.75 Å². The minimum absolute atomic E-state index is 0.273. The molecular formula is C15H18N2O2. The maximum Gasteiger partial charge on any atom is 0.231 e. The number of nitrogens with zero attached hydrogens (tertiary/aromatic N) is 2. The van der Waals surface area contributed by atoms with Gasteiger partial charge >= 0.3 is 0 Å². The molecule has 1 aromatic carbocycles. The molecule has 4 heteroatoms. The zero-order valence-corrected chi connectivity index (χ0v) is 11.0. The normalized spacial score (nSPS) is 22.8. The summed E-state index contributed by atoms with van der Waals surface area (Å²) in [5, 5.41) is 13.4. The first kappa shape index (κ1) is 12.2. The van der Waals surface area contributed by atoms with Crippen molar-refractivity contribution in [2.75, 3.05) is 0 Å². The second-order valence-corrected chi connectivity index (χ2v) is 5.50. The van der Waals surface area contributed by atoms with Crippen LogP contribution >= 0.6 is 0 Å². The van der Waals surface area contributed by atoms with E-state index in [-0.39, 0.29) is 5.75 Å². The Hall–Kier alpha value is -1.84. The monoisotopic (exact) mass is 258 g/mol. The molecule has 1 N–H and O–H groups in total. The summed E-state index contributed by atoms with van der Waals surface area (Å²) in [6, 6.07) is 7.09. The predicted octanol–water partition coefficient (Wildman–Crippen LogP) is 3.27. The number of aromatic nitrogens is 2. The number of hydrogen-bond donors (Lipinski definition) is 1. The molecule has 3 rings (SSSR count). The molecule has 0 aliphatic heterocycles. The lowest BCUT2D eigenvalue weighted by atomic mass is 10.1. The summed E-state index contributed by atoms with van der Waals surface area (Å²) in [5.41, 5.74) is 1.06. The summed E-state index contributed by atoms with van der Waals surface area (Å²) >= 11 is 0. The van der Waals surface area contributed by atoms with Gasteiger partial charge in [-0.25, -0.2) is 0 Å². The van der Waals surface area contributed by atoms with Crippen LogP contribution in [0.4, 0.5) is 0 Å². The Labute approximate surface area is 112 Å². The Balaban J connectivity index is 1.69. The van der Waals surface area contributed by atoms with Gasteiger partial charge in [-0.1, -0.05) is 24.2 Å². The van der Waals surface area contributed by atoms with Gasteiger partial charge in [0.05, 0.1) is 6.42 Å². The fourth-order valence-corrected chi connectivity index (χ4v) is 2.74. The van der Waals surface area contributed by atoms with Crippen LogP contribution in [0.15, 0.2) is 28.8 Å². The molecule has 100 valence electrons. The quantitative estimate of drug-likeness (QED) is 0.917. The molecule has 0 bridgehead atoms. The van der Waals surface area contributed by atoms with E-state index in [9.17, 15) is 5.11 Å². The third kappa shape index (κ3) is 2.78.